The molecule has 1 aliphatic heterocycles. The number of hydrogen-bond acceptors (Lipinski definition) is 3. The summed E-state index contributed by atoms with van der Waals surface area (Å²) in [5.74, 6) is 0.838. The molecule has 2 heterocycles. The van der Waals surface area contributed by atoms with Crippen molar-refractivity contribution in [3.8, 4) is 0 Å². The maximum atomic E-state index is 4.06. The molecule has 0 fully saturated rings. The molecule has 4 nitrogen and oxygen atoms in total. The van der Waals surface area contributed by atoms with E-state index < -0.39 is 0 Å². The van der Waals surface area contributed by atoms with Gasteiger partial charge in [0.25, 0.3) is 0 Å². The molecule has 2 rings (SSSR count). The van der Waals surface area contributed by atoms with Crippen molar-refractivity contribution >= 4 is 11.5 Å². The van der Waals surface area contributed by atoms with Gasteiger partial charge in [0, 0.05) is 0 Å². The molecule has 1 aliphatic rings. The summed E-state index contributed by atoms with van der Waals surface area (Å²) in [6, 6.07) is 0. The zero-order valence-electron chi connectivity index (χ0n) is 4.70. The number of hydrogen-bond donors (Lipinski definition) is 1. The van der Waals surface area contributed by atoms with E-state index in [0.29, 0.717) is 6.67 Å². The van der Waals surface area contributed by atoms with Crippen LogP contribution in [0.4, 0.5) is 11.5 Å². The van der Waals surface area contributed by atoms with Gasteiger partial charge in [-0.05, 0) is 0 Å². The molecule has 0 spiro atoms. The van der Waals surface area contributed by atoms with Crippen molar-refractivity contribution in [2.75, 3.05) is 12.0 Å². The van der Waals surface area contributed by atoms with Crippen LogP contribution in [0.25, 0.3) is 0 Å². The first-order chi connectivity index (χ1) is 4.47. The fourth-order valence-corrected chi connectivity index (χ4v) is 0.774. The normalized spacial score (nSPS) is 13.8. The van der Waals surface area contributed by atoms with Crippen molar-refractivity contribution in [2.45, 2.75) is 0 Å². The SMILES string of the molecule is c1ncc2c(n1)NC[N]2. The summed E-state index contributed by atoms with van der Waals surface area (Å²) in [5, 5.41) is 7.05. The molecule has 45 valence electrons. The molecular weight excluding hydrogens is 116 g/mol. The fourth-order valence-electron chi connectivity index (χ4n) is 0.774. The van der Waals surface area contributed by atoms with Crippen LogP contribution in [-0.2, 0) is 0 Å². The lowest BCUT2D eigenvalue weighted by molar-refractivity contribution is 0.978. The Labute approximate surface area is 52.3 Å². The smallest absolute Gasteiger partial charge is 0.156 e. The molecule has 1 N–H and O–H groups in total. The molecule has 0 aliphatic carbocycles. The van der Waals surface area contributed by atoms with Gasteiger partial charge in [0.05, 0.1) is 6.20 Å². The first kappa shape index (κ1) is 4.55. The second-order valence-electron chi connectivity index (χ2n) is 1.75. The Morgan fingerprint density at radius 1 is 1.56 bits per heavy atom. The Hall–Kier alpha value is -1.32. The van der Waals surface area contributed by atoms with E-state index in [1.165, 1.54) is 6.33 Å². The van der Waals surface area contributed by atoms with Gasteiger partial charge < -0.3 is 5.32 Å². The second-order valence-corrected chi connectivity index (χ2v) is 1.75. The predicted molar refractivity (Wildman–Crippen MR) is 32.3 cm³/mol. The summed E-state index contributed by atoms with van der Waals surface area (Å²) in [4.78, 5) is 7.75. The highest BCUT2D eigenvalue weighted by atomic mass is 15.2. The molecule has 1 aromatic rings. The largest absolute Gasteiger partial charge is 0.349 e. The van der Waals surface area contributed by atoms with Gasteiger partial charge in [0.1, 0.15) is 18.7 Å². The molecule has 0 aromatic carbocycles. The van der Waals surface area contributed by atoms with E-state index in [0.717, 1.165) is 11.5 Å². The summed E-state index contributed by atoms with van der Waals surface area (Å²) in [7, 11) is 0. The van der Waals surface area contributed by atoms with Gasteiger partial charge in [-0.25, -0.2) is 9.97 Å². The summed E-state index contributed by atoms with van der Waals surface area (Å²) < 4.78 is 0. The standard InChI is InChI=1S/C5H5N4/c1-4-5(8-2-6-1)9-3-7-4/h1-2H,3H2,(H,6,8,9). The van der Waals surface area contributed by atoms with Crippen LogP contribution in [-0.4, -0.2) is 16.6 Å². The van der Waals surface area contributed by atoms with E-state index in [1.54, 1.807) is 6.20 Å². The summed E-state index contributed by atoms with van der Waals surface area (Å²) in [6.45, 7) is 0.633. The minimum absolute atomic E-state index is 0.633. The molecule has 0 unspecified atom stereocenters. The van der Waals surface area contributed by atoms with Gasteiger partial charge in [-0.2, -0.15) is 0 Å². The number of nitrogens with zero attached hydrogens (tertiary/aromatic N) is 3. The Balaban J connectivity index is 2.54. The van der Waals surface area contributed by atoms with E-state index in [-0.39, 0.29) is 0 Å². The molecule has 0 saturated carbocycles. The quantitative estimate of drug-likeness (QED) is 0.529. The Morgan fingerprint density at radius 3 is 3.44 bits per heavy atom. The van der Waals surface area contributed by atoms with Gasteiger partial charge in [-0.1, -0.05) is 0 Å². The second kappa shape index (κ2) is 1.58. The van der Waals surface area contributed by atoms with Crippen molar-refractivity contribution in [3.05, 3.63) is 12.5 Å². The number of anilines is 1. The summed E-state index contributed by atoms with van der Waals surface area (Å²) >= 11 is 0. The third-order valence-electron chi connectivity index (χ3n) is 1.19. The third-order valence-corrected chi connectivity index (χ3v) is 1.19. The molecule has 9 heavy (non-hydrogen) atoms. The summed E-state index contributed by atoms with van der Waals surface area (Å²) in [5.41, 5.74) is 0.859. The van der Waals surface area contributed by atoms with Crippen LogP contribution in [0.1, 0.15) is 0 Å². The minimum atomic E-state index is 0.633. The first-order valence-corrected chi connectivity index (χ1v) is 2.68. The van der Waals surface area contributed by atoms with Crippen LogP contribution in [0.5, 0.6) is 0 Å². The maximum Gasteiger partial charge on any atom is 0.156 e. The third kappa shape index (κ3) is 0.595. The predicted octanol–water partition coefficient (Wildman–Crippen LogP) is 0.0955. The Kier molecular flexibility index (Phi) is 0.798. The lowest BCUT2D eigenvalue weighted by Crippen LogP contribution is -1.98. The highest BCUT2D eigenvalue weighted by Crippen LogP contribution is 2.19. The van der Waals surface area contributed by atoms with Crippen molar-refractivity contribution in [3.63, 3.8) is 0 Å². The maximum absolute atomic E-state index is 4.06. The lowest BCUT2D eigenvalue weighted by Gasteiger charge is -1.89. The van der Waals surface area contributed by atoms with Crippen molar-refractivity contribution in [2.24, 2.45) is 0 Å². The van der Waals surface area contributed by atoms with Crippen molar-refractivity contribution in [1.82, 2.24) is 15.3 Å². The summed E-state index contributed by atoms with van der Waals surface area (Å²) in [6.07, 6.45) is 3.20. The van der Waals surface area contributed by atoms with Gasteiger partial charge in [-0.3, -0.25) is 5.32 Å². The van der Waals surface area contributed by atoms with Crippen LogP contribution in [0.15, 0.2) is 12.5 Å². The monoisotopic (exact) mass is 121 g/mol. The number of rotatable bonds is 0. The van der Waals surface area contributed by atoms with Crippen LogP contribution in [0.3, 0.4) is 0 Å². The van der Waals surface area contributed by atoms with Gasteiger partial charge in [0.2, 0.25) is 0 Å². The fraction of sp³-hybridized carbons (Fsp3) is 0.200. The highest BCUT2D eigenvalue weighted by Gasteiger charge is 2.09. The lowest BCUT2D eigenvalue weighted by atomic mass is 10.5. The van der Waals surface area contributed by atoms with Gasteiger partial charge in [-0.15, -0.1) is 0 Å². The Bertz CT molecular complexity index is 199. The number of nitrogens with one attached hydrogen (secondary N) is 1. The molecule has 0 atom stereocenters. The van der Waals surface area contributed by atoms with E-state index in [4.69, 9.17) is 0 Å². The van der Waals surface area contributed by atoms with E-state index in [9.17, 15) is 0 Å². The van der Waals surface area contributed by atoms with Crippen molar-refractivity contribution in [1.29, 1.82) is 0 Å². The topological polar surface area (TPSA) is 51.9 Å². The molecule has 0 amide bonds. The van der Waals surface area contributed by atoms with Gasteiger partial charge in [0.15, 0.2) is 5.82 Å². The molecular formula is C5H5N4. The molecule has 1 radical (unpaired) electrons. The average molecular weight is 121 g/mol. The Morgan fingerprint density at radius 2 is 2.56 bits per heavy atom. The molecule has 0 saturated heterocycles. The van der Waals surface area contributed by atoms with E-state index in [1.807, 2.05) is 0 Å². The van der Waals surface area contributed by atoms with Crippen molar-refractivity contribution < 1.29 is 0 Å². The highest BCUT2D eigenvalue weighted by molar-refractivity contribution is 5.61. The van der Waals surface area contributed by atoms with Crippen LogP contribution in [0.2, 0.25) is 0 Å². The van der Waals surface area contributed by atoms with Crippen LogP contribution < -0.4 is 10.6 Å². The molecule has 1 aromatic heterocycles. The first-order valence-electron chi connectivity index (χ1n) is 2.68. The number of aromatic nitrogens is 2. The molecule has 4 heteroatoms. The average Bonchev–Trinajstić information content (AvgIpc) is 2.33. The van der Waals surface area contributed by atoms with Gasteiger partial charge >= 0.3 is 0 Å². The zero-order valence-corrected chi connectivity index (χ0v) is 4.70. The zero-order chi connectivity index (χ0) is 6.10. The van der Waals surface area contributed by atoms with E-state index >= 15 is 0 Å². The number of fused-ring (bicyclic) bond motifs is 1. The molecule has 0 bridgehead atoms. The van der Waals surface area contributed by atoms with Crippen LogP contribution >= 0.6 is 0 Å². The minimum Gasteiger partial charge on any atom is -0.349 e. The van der Waals surface area contributed by atoms with E-state index in [2.05, 4.69) is 20.6 Å². The van der Waals surface area contributed by atoms with Crippen LogP contribution in [0, 0.1) is 0 Å².